The standard InChI is InChI=1S/C21H18ClF5N4O2S/c1-10(2)31(15-5-4-14(23)17(22)18(15)24)20(32)16-8-34(33)9-30(16)19-12(7-28)13(21(25,26)27)6-11(3)29-19/h4-6,10,16H,8-9H2,1-3H3/t16-,34?/m0/s1. The first-order chi connectivity index (χ1) is 15.8. The molecule has 2 aromatic rings. The highest BCUT2D eigenvalue weighted by Crippen LogP contribution is 2.38. The number of amides is 1. The summed E-state index contributed by atoms with van der Waals surface area (Å²) in [6.07, 6.45) is -4.87. The summed E-state index contributed by atoms with van der Waals surface area (Å²) in [4.78, 5) is 19.6. The van der Waals surface area contributed by atoms with E-state index >= 15 is 0 Å². The van der Waals surface area contributed by atoms with E-state index in [2.05, 4.69) is 4.98 Å². The number of alkyl halides is 3. The number of anilines is 2. The lowest BCUT2D eigenvalue weighted by Crippen LogP contribution is -2.50. The molecule has 1 saturated heterocycles. The van der Waals surface area contributed by atoms with Gasteiger partial charge in [-0.05, 0) is 39.0 Å². The van der Waals surface area contributed by atoms with Crippen molar-refractivity contribution in [3.8, 4) is 6.07 Å². The van der Waals surface area contributed by atoms with Crippen molar-refractivity contribution in [3.05, 3.63) is 51.7 Å². The highest BCUT2D eigenvalue weighted by Gasteiger charge is 2.43. The van der Waals surface area contributed by atoms with E-state index in [0.717, 1.165) is 21.9 Å². The third kappa shape index (κ3) is 4.72. The van der Waals surface area contributed by atoms with Gasteiger partial charge in [0.1, 0.15) is 34.3 Å². The predicted molar refractivity (Wildman–Crippen MR) is 117 cm³/mol. The fraction of sp³-hybridized carbons (Fsp3) is 0.381. The zero-order valence-electron chi connectivity index (χ0n) is 18.1. The van der Waals surface area contributed by atoms with Crippen LogP contribution in [0, 0.1) is 29.9 Å². The topological polar surface area (TPSA) is 77.3 Å². The number of carbonyl (C=O) groups excluding carboxylic acids is 1. The van der Waals surface area contributed by atoms with Crippen LogP contribution in [0.15, 0.2) is 18.2 Å². The van der Waals surface area contributed by atoms with Gasteiger partial charge in [0.2, 0.25) is 0 Å². The predicted octanol–water partition coefficient (Wildman–Crippen LogP) is 4.55. The smallest absolute Gasteiger partial charge is 0.331 e. The van der Waals surface area contributed by atoms with Crippen molar-refractivity contribution in [1.29, 1.82) is 5.26 Å². The monoisotopic (exact) mass is 520 g/mol. The second kappa shape index (κ2) is 9.46. The van der Waals surface area contributed by atoms with E-state index in [1.807, 2.05) is 0 Å². The molecule has 1 aromatic carbocycles. The fourth-order valence-corrected chi connectivity index (χ4v) is 5.24. The number of benzene rings is 1. The maximum Gasteiger partial charge on any atom is 0.417 e. The number of aromatic nitrogens is 1. The largest absolute Gasteiger partial charge is 0.417 e. The Kier molecular flexibility index (Phi) is 7.19. The van der Waals surface area contributed by atoms with E-state index < -0.39 is 68.6 Å². The molecule has 6 nitrogen and oxygen atoms in total. The van der Waals surface area contributed by atoms with Crippen LogP contribution in [-0.4, -0.2) is 38.8 Å². The Hall–Kier alpha value is -2.78. The van der Waals surface area contributed by atoms with Gasteiger partial charge in [-0.3, -0.25) is 9.00 Å². The van der Waals surface area contributed by atoms with E-state index in [9.17, 15) is 36.2 Å². The summed E-state index contributed by atoms with van der Waals surface area (Å²) in [5.41, 5.74) is -2.47. The molecular formula is C21H18ClF5N4O2S. The van der Waals surface area contributed by atoms with Crippen LogP contribution in [0.5, 0.6) is 0 Å². The van der Waals surface area contributed by atoms with Gasteiger partial charge in [0, 0.05) is 22.5 Å². The lowest BCUT2D eigenvalue weighted by atomic mass is 10.1. The second-order valence-corrected chi connectivity index (χ2v) is 9.69. The van der Waals surface area contributed by atoms with Crippen LogP contribution >= 0.6 is 11.6 Å². The first kappa shape index (κ1) is 25.8. The van der Waals surface area contributed by atoms with Crippen LogP contribution in [0.25, 0.3) is 0 Å². The van der Waals surface area contributed by atoms with Crippen molar-refractivity contribution in [1.82, 2.24) is 4.98 Å². The summed E-state index contributed by atoms with van der Waals surface area (Å²) >= 11 is 5.66. The van der Waals surface area contributed by atoms with E-state index in [1.54, 1.807) is 0 Å². The molecule has 2 atom stereocenters. The third-order valence-electron chi connectivity index (χ3n) is 5.13. The van der Waals surface area contributed by atoms with Crippen molar-refractivity contribution < 1.29 is 31.0 Å². The Morgan fingerprint density at radius 3 is 2.56 bits per heavy atom. The summed E-state index contributed by atoms with van der Waals surface area (Å²) in [6, 6.07) is 2.07. The Morgan fingerprint density at radius 1 is 1.35 bits per heavy atom. The van der Waals surface area contributed by atoms with Crippen LogP contribution in [-0.2, 0) is 21.8 Å². The molecule has 1 aromatic heterocycles. The number of aryl methyl sites for hydroxylation is 1. The van der Waals surface area contributed by atoms with Gasteiger partial charge in [-0.2, -0.15) is 18.4 Å². The number of hydrogen-bond donors (Lipinski definition) is 0. The molecule has 0 spiro atoms. The zero-order chi connectivity index (χ0) is 25.5. The highest BCUT2D eigenvalue weighted by atomic mass is 35.5. The molecule has 1 aliphatic rings. The molecule has 1 fully saturated rings. The minimum atomic E-state index is -4.87. The molecule has 1 amide bonds. The number of nitrogens with zero attached hydrogens (tertiary/aromatic N) is 4. The number of halogens is 6. The molecule has 2 heterocycles. The van der Waals surface area contributed by atoms with Gasteiger partial charge in [0.15, 0.2) is 5.82 Å². The Balaban J connectivity index is 2.14. The average Bonchev–Trinajstić information content (AvgIpc) is 3.14. The Morgan fingerprint density at radius 2 is 2.00 bits per heavy atom. The molecular weight excluding hydrogens is 503 g/mol. The molecule has 1 aliphatic heterocycles. The highest BCUT2D eigenvalue weighted by molar-refractivity contribution is 7.85. The SMILES string of the molecule is Cc1cc(C(F)(F)F)c(C#N)c(N2CS(=O)C[C@H]2C(=O)N(c2ccc(F)c(Cl)c2F)C(C)C)n1. The molecule has 3 rings (SSSR count). The fourth-order valence-electron chi connectivity index (χ4n) is 3.69. The molecule has 0 bridgehead atoms. The molecule has 13 heteroatoms. The molecule has 0 aliphatic carbocycles. The minimum absolute atomic E-state index is 0.0673. The summed E-state index contributed by atoms with van der Waals surface area (Å²) < 4.78 is 81.5. The van der Waals surface area contributed by atoms with E-state index in [-0.39, 0.29) is 23.0 Å². The number of rotatable bonds is 4. The van der Waals surface area contributed by atoms with Crippen LogP contribution in [0.4, 0.5) is 33.5 Å². The Labute approximate surface area is 199 Å². The molecule has 34 heavy (non-hydrogen) atoms. The van der Waals surface area contributed by atoms with Crippen molar-refractivity contribution in [2.75, 3.05) is 21.4 Å². The van der Waals surface area contributed by atoms with Gasteiger partial charge in [0.25, 0.3) is 5.91 Å². The van der Waals surface area contributed by atoms with Crippen LogP contribution < -0.4 is 9.80 Å². The van der Waals surface area contributed by atoms with E-state index in [0.29, 0.717) is 6.07 Å². The van der Waals surface area contributed by atoms with E-state index in [4.69, 9.17) is 11.6 Å². The van der Waals surface area contributed by atoms with Crippen molar-refractivity contribution in [3.63, 3.8) is 0 Å². The van der Waals surface area contributed by atoms with Crippen LogP contribution in [0.2, 0.25) is 5.02 Å². The number of nitriles is 1. The zero-order valence-corrected chi connectivity index (χ0v) is 19.7. The molecule has 0 saturated carbocycles. The van der Waals surface area contributed by atoms with Gasteiger partial charge in [-0.1, -0.05) is 11.6 Å². The maximum atomic E-state index is 14.8. The Bertz CT molecular complexity index is 1220. The van der Waals surface area contributed by atoms with Crippen molar-refractivity contribution in [2.45, 2.75) is 39.0 Å². The van der Waals surface area contributed by atoms with Gasteiger partial charge in [-0.25, -0.2) is 13.8 Å². The lowest BCUT2D eigenvalue weighted by Gasteiger charge is -2.33. The molecule has 0 radical (unpaired) electrons. The molecule has 0 N–H and O–H groups in total. The molecule has 182 valence electrons. The second-order valence-electron chi connectivity index (χ2n) is 7.84. The lowest BCUT2D eigenvalue weighted by molar-refractivity contribution is -0.137. The summed E-state index contributed by atoms with van der Waals surface area (Å²) in [7, 11) is -1.68. The first-order valence-electron chi connectivity index (χ1n) is 9.85. The minimum Gasteiger partial charge on any atom is -0.331 e. The van der Waals surface area contributed by atoms with Gasteiger partial charge in [-0.15, -0.1) is 0 Å². The number of hydrogen-bond acceptors (Lipinski definition) is 5. The van der Waals surface area contributed by atoms with E-state index in [1.165, 1.54) is 26.8 Å². The average molecular weight is 521 g/mol. The summed E-state index contributed by atoms with van der Waals surface area (Å²) in [5, 5.41) is 8.66. The number of carbonyl (C=O) groups is 1. The normalized spacial score (nSPS) is 18.3. The van der Waals surface area contributed by atoms with Crippen LogP contribution in [0.1, 0.15) is 30.7 Å². The van der Waals surface area contributed by atoms with Crippen LogP contribution in [0.3, 0.4) is 0 Å². The van der Waals surface area contributed by atoms with Gasteiger partial charge >= 0.3 is 6.18 Å². The quantitative estimate of drug-likeness (QED) is 0.437. The van der Waals surface area contributed by atoms with Crippen molar-refractivity contribution >= 4 is 39.8 Å². The maximum absolute atomic E-state index is 14.8. The first-order valence-corrected chi connectivity index (χ1v) is 11.7. The molecule has 1 unspecified atom stereocenters. The number of pyridine rings is 1. The van der Waals surface area contributed by atoms with Crippen molar-refractivity contribution in [2.24, 2.45) is 0 Å². The van der Waals surface area contributed by atoms with Gasteiger partial charge in [0.05, 0.1) is 22.9 Å². The summed E-state index contributed by atoms with van der Waals surface area (Å²) in [5.74, 6) is -4.15. The van der Waals surface area contributed by atoms with Gasteiger partial charge < -0.3 is 9.80 Å². The summed E-state index contributed by atoms with van der Waals surface area (Å²) in [6.45, 7) is 4.37. The third-order valence-corrected chi connectivity index (χ3v) is 6.73.